The molecule has 0 radical (unpaired) electrons. The third kappa shape index (κ3) is 12.2. The van der Waals surface area contributed by atoms with Gasteiger partial charge in [0, 0.05) is 25.2 Å². The summed E-state index contributed by atoms with van der Waals surface area (Å²) < 4.78 is 11.9. The first-order valence-corrected chi connectivity index (χ1v) is 12.8. The fraction of sp³-hybridized carbons (Fsp3) is 0.640. The predicted octanol–water partition coefficient (Wildman–Crippen LogP) is 2.81. The predicted molar refractivity (Wildman–Crippen MR) is 139 cm³/mol. The number of hydrogen-bond donors (Lipinski definition) is 7. The monoisotopic (exact) mass is 489 g/mol. The average molecular weight is 490 g/mol. The second kappa shape index (κ2) is 16.5. The van der Waals surface area contributed by atoms with Crippen molar-refractivity contribution in [3.05, 3.63) is 23.8 Å². The van der Waals surface area contributed by atoms with Crippen LogP contribution in [0, 0.1) is 10.8 Å². The Labute approximate surface area is 208 Å². The van der Waals surface area contributed by atoms with Gasteiger partial charge < -0.3 is 36.9 Å². The van der Waals surface area contributed by atoms with Gasteiger partial charge in [-0.05, 0) is 63.5 Å². The number of rotatable bonds is 16. The van der Waals surface area contributed by atoms with Crippen LogP contribution in [0.3, 0.4) is 0 Å². The molecule has 1 aromatic carbocycles. The Bertz CT molecular complexity index is 797. The fourth-order valence-corrected chi connectivity index (χ4v) is 4.04. The molecule has 196 valence electrons. The van der Waals surface area contributed by atoms with Crippen LogP contribution in [0.15, 0.2) is 18.2 Å². The van der Waals surface area contributed by atoms with E-state index in [2.05, 4.69) is 16.0 Å². The summed E-state index contributed by atoms with van der Waals surface area (Å²) >= 11 is 0. The number of hydrogen-bond acceptors (Lipinski definition) is 5. The minimum Gasteiger partial charge on any atom is -0.493 e. The van der Waals surface area contributed by atoms with E-state index in [0.717, 1.165) is 64.2 Å². The second-order valence-electron chi connectivity index (χ2n) is 8.97. The lowest BCUT2D eigenvalue weighted by Gasteiger charge is -2.23. The van der Waals surface area contributed by atoms with Crippen LogP contribution in [0.5, 0.6) is 11.5 Å². The molecule has 0 atom stereocenters. The second-order valence-corrected chi connectivity index (χ2v) is 8.97. The highest BCUT2D eigenvalue weighted by Gasteiger charge is 2.20. The third-order valence-corrected chi connectivity index (χ3v) is 5.94. The van der Waals surface area contributed by atoms with Crippen molar-refractivity contribution in [2.45, 2.75) is 76.7 Å². The van der Waals surface area contributed by atoms with Crippen LogP contribution in [0.4, 0.5) is 0 Å². The van der Waals surface area contributed by atoms with Crippen molar-refractivity contribution >= 4 is 17.8 Å². The molecule has 1 amide bonds. The van der Waals surface area contributed by atoms with Crippen molar-refractivity contribution in [3.63, 3.8) is 0 Å². The summed E-state index contributed by atoms with van der Waals surface area (Å²) in [6.07, 6.45) is 11.0. The van der Waals surface area contributed by atoms with E-state index in [1.165, 1.54) is 6.42 Å². The molecule has 0 aromatic heterocycles. The van der Waals surface area contributed by atoms with Crippen LogP contribution >= 0.6 is 0 Å². The van der Waals surface area contributed by atoms with Crippen LogP contribution in [-0.4, -0.2) is 50.2 Å². The zero-order chi connectivity index (χ0) is 25.3. The molecule has 0 bridgehead atoms. The Kier molecular flexibility index (Phi) is 13.2. The van der Waals surface area contributed by atoms with Crippen LogP contribution in [-0.2, 0) is 0 Å². The zero-order valence-corrected chi connectivity index (χ0v) is 20.8. The molecule has 1 aromatic rings. The Morgan fingerprint density at radius 1 is 0.857 bits per heavy atom. The molecule has 0 saturated heterocycles. The summed E-state index contributed by atoms with van der Waals surface area (Å²) in [4.78, 5) is 13.0. The third-order valence-electron chi connectivity index (χ3n) is 5.94. The normalized spacial score (nSPS) is 13.6. The van der Waals surface area contributed by atoms with Gasteiger partial charge in [-0.1, -0.05) is 19.3 Å². The van der Waals surface area contributed by atoms with Crippen LogP contribution < -0.4 is 36.9 Å². The lowest BCUT2D eigenvalue weighted by molar-refractivity contribution is 0.0923. The summed E-state index contributed by atoms with van der Waals surface area (Å²) in [6.45, 7) is 2.41. The molecule has 1 aliphatic carbocycles. The summed E-state index contributed by atoms with van der Waals surface area (Å²) in [7, 11) is 0. The topological polar surface area (TPSA) is 171 Å². The molecule has 35 heavy (non-hydrogen) atoms. The molecule has 0 heterocycles. The van der Waals surface area contributed by atoms with Crippen molar-refractivity contribution in [2.24, 2.45) is 11.5 Å². The number of guanidine groups is 2. The van der Waals surface area contributed by atoms with E-state index in [9.17, 15) is 4.79 Å². The molecule has 9 N–H and O–H groups in total. The summed E-state index contributed by atoms with van der Waals surface area (Å²) in [5.74, 6) is 1.11. The maximum absolute atomic E-state index is 13.0. The molecule has 10 nitrogen and oxygen atoms in total. The van der Waals surface area contributed by atoms with Gasteiger partial charge in [-0.25, -0.2) is 0 Å². The molecule has 1 saturated carbocycles. The van der Waals surface area contributed by atoms with E-state index < -0.39 is 0 Å². The van der Waals surface area contributed by atoms with Gasteiger partial charge in [0.15, 0.2) is 11.9 Å². The van der Waals surface area contributed by atoms with Gasteiger partial charge in [0.1, 0.15) is 11.5 Å². The molecule has 2 rings (SSSR count). The molecule has 10 heteroatoms. The number of benzene rings is 1. The highest BCUT2D eigenvalue weighted by atomic mass is 16.5. The van der Waals surface area contributed by atoms with E-state index >= 15 is 0 Å². The maximum atomic E-state index is 13.0. The molecular weight excluding hydrogens is 446 g/mol. The molecule has 0 unspecified atom stereocenters. The van der Waals surface area contributed by atoms with Crippen molar-refractivity contribution in [3.8, 4) is 11.5 Å². The minimum absolute atomic E-state index is 0.00544. The Hall–Kier alpha value is -3.17. The standard InChI is InChI=1S/C25H43N7O3/c26-24(27)30-14-6-2-8-16-34-20-12-13-21(23(33)32-19-10-4-1-5-11-19)22(18-20)35-17-9-3-7-15-31-25(28)29/h12-13,18-19H,1-11,14-17H2,(H,32,33)(H4,26,27,30)(H4,28,29,31). The first-order chi connectivity index (χ1) is 17.0. The number of amides is 1. The van der Waals surface area contributed by atoms with Crippen LogP contribution in [0.2, 0.25) is 0 Å². The number of nitrogens with two attached hydrogens (primary N) is 2. The van der Waals surface area contributed by atoms with Gasteiger partial charge in [-0.2, -0.15) is 0 Å². The van der Waals surface area contributed by atoms with Gasteiger partial charge in [0.2, 0.25) is 0 Å². The lowest BCUT2D eigenvalue weighted by atomic mass is 9.95. The molecule has 1 fully saturated rings. The SMILES string of the molecule is N=C(N)NCCCCCOc1ccc(C(=O)NC2CCCCC2)c(OCCCCCNC(=N)N)c1. The smallest absolute Gasteiger partial charge is 0.255 e. The van der Waals surface area contributed by atoms with Crippen LogP contribution in [0.25, 0.3) is 0 Å². The van der Waals surface area contributed by atoms with Crippen molar-refractivity contribution in [1.82, 2.24) is 16.0 Å². The molecule has 1 aliphatic rings. The highest BCUT2D eigenvalue weighted by molar-refractivity contribution is 5.97. The molecule has 0 aliphatic heterocycles. The van der Waals surface area contributed by atoms with E-state index in [-0.39, 0.29) is 23.9 Å². The molecule has 0 spiro atoms. The quantitative estimate of drug-likeness (QED) is 0.106. The van der Waals surface area contributed by atoms with E-state index in [1.54, 1.807) is 6.07 Å². The summed E-state index contributed by atoms with van der Waals surface area (Å²) in [6, 6.07) is 5.65. The lowest BCUT2D eigenvalue weighted by Crippen LogP contribution is -2.36. The van der Waals surface area contributed by atoms with Crippen molar-refractivity contribution in [1.29, 1.82) is 10.8 Å². The van der Waals surface area contributed by atoms with Gasteiger partial charge in [0.25, 0.3) is 5.91 Å². The van der Waals surface area contributed by atoms with Crippen molar-refractivity contribution < 1.29 is 14.3 Å². The van der Waals surface area contributed by atoms with E-state index in [0.29, 0.717) is 43.4 Å². The first-order valence-electron chi connectivity index (χ1n) is 12.8. The number of unbranched alkanes of at least 4 members (excludes halogenated alkanes) is 4. The Morgan fingerprint density at radius 3 is 2.06 bits per heavy atom. The number of ether oxygens (including phenoxy) is 2. The van der Waals surface area contributed by atoms with Gasteiger partial charge in [-0.15, -0.1) is 0 Å². The fourth-order valence-electron chi connectivity index (χ4n) is 4.04. The largest absolute Gasteiger partial charge is 0.493 e. The van der Waals surface area contributed by atoms with Gasteiger partial charge in [0.05, 0.1) is 18.8 Å². The molecular formula is C25H43N7O3. The highest BCUT2D eigenvalue weighted by Crippen LogP contribution is 2.27. The maximum Gasteiger partial charge on any atom is 0.255 e. The van der Waals surface area contributed by atoms with E-state index in [4.69, 9.17) is 31.8 Å². The number of nitrogens with one attached hydrogen (secondary N) is 5. The van der Waals surface area contributed by atoms with Crippen LogP contribution in [0.1, 0.15) is 81.0 Å². The first kappa shape index (κ1) is 28.1. The minimum atomic E-state index is -0.0953. The average Bonchev–Trinajstić information content (AvgIpc) is 2.83. The Morgan fingerprint density at radius 2 is 1.46 bits per heavy atom. The van der Waals surface area contributed by atoms with Gasteiger partial charge >= 0.3 is 0 Å². The van der Waals surface area contributed by atoms with E-state index in [1.807, 2.05) is 12.1 Å². The summed E-state index contributed by atoms with van der Waals surface area (Å²) in [5.41, 5.74) is 11.1. The van der Waals surface area contributed by atoms with Crippen molar-refractivity contribution in [2.75, 3.05) is 26.3 Å². The summed E-state index contributed by atoms with van der Waals surface area (Å²) in [5, 5.41) is 23.1. The van der Waals surface area contributed by atoms with Gasteiger partial charge in [-0.3, -0.25) is 15.6 Å². The Balaban J connectivity index is 1.87. The number of carbonyl (C=O) groups is 1. The zero-order valence-electron chi connectivity index (χ0n) is 20.8. The number of carbonyl (C=O) groups excluding carboxylic acids is 1.